The Balaban J connectivity index is 1.52. The lowest BCUT2D eigenvalue weighted by Crippen LogP contribution is -2.50. The van der Waals surface area contributed by atoms with Gasteiger partial charge in [-0.05, 0) is 60.9 Å². The summed E-state index contributed by atoms with van der Waals surface area (Å²) in [6.45, 7) is 5.26. The molecule has 1 saturated heterocycles. The van der Waals surface area contributed by atoms with Crippen LogP contribution in [0.1, 0.15) is 48.1 Å². The van der Waals surface area contributed by atoms with Crippen molar-refractivity contribution in [3.63, 3.8) is 0 Å². The topological polar surface area (TPSA) is 41.6 Å². The minimum Gasteiger partial charge on any atom is -0.378 e. The number of rotatable bonds is 7. The third-order valence-corrected chi connectivity index (χ3v) is 7.66. The molecular weight excluding hydrogens is 404 g/mol. The Kier molecular flexibility index (Phi) is 7.05. The van der Waals surface area contributed by atoms with E-state index in [4.69, 9.17) is 4.74 Å². The molecule has 2 atom stereocenters. The first-order chi connectivity index (χ1) is 15.1. The monoisotopic (exact) mass is 438 g/mol. The molecule has 31 heavy (non-hydrogen) atoms. The zero-order valence-electron chi connectivity index (χ0n) is 18.9. The lowest BCUT2D eigenvalue weighted by atomic mass is 9.72. The molecule has 4 nitrogen and oxygen atoms in total. The predicted molar refractivity (Wildman–Crippen MR) is 129 cm³/mol. The Morgan fingerprint density at radius 2 is 1.81 bits per heavy atom. The molecule has 0 saturated carbocycles. The molecule has 1 fully saturated rings. The van der Waals surface area contributed by atoms with E-state index in [1.807, 2.05) is 6.26 Å². The Bertz CT molecular complexity index is 891. The third-order valence-electron chi connectivity index (χ3n) is 7.11. The molecular formula is C26H34N2O2S. The molecule has 1 aliphatic heterocycles. The molecule has 1 amide bonds. The van der Waals surface area contributed by atoms with Crippen molar-refractivity contribution in [2.45, 2.75) is 50.3 Å². The Morgan fingerprint density at radius 1 is 1.13 bits per heavy atom. The van der Waals surface area contributed by atoms with Crippen LogP contribution in [0.15, 0.2) is 48.5 Å². The van der Waals surface area contributed by atoms with Crippen LogP contribution >= 0.6 is 11.8 Å². The van der Waals surface area contributed by atoms with Gasteiger partial charge in [-0.3, -0.25) is 9.69 Å². The fraction of sp³-hybridized carbons (Fsp3) is 0.500. The summed E-state index contributed by atoms with van der Waals surface area (Å²) in [5, 5.41) is 3.27. The lowest BCUT2D eigenvalue weighted by molar-refractivity contribution is -0.121. The second-order valence-corrected chi connectivity index (χ2v) is 9.69. The number of nitrogens with zero attached hydrogens (tertiary/aromatic N) is 1. The van der Waals surface area contributed by atoms with Gasteiger partial charge in [0.2, 0.25) is 5.91 Å². The number of nitrogens with one attached hydrogen (secondary N) is 1. The highest BCUT2D eigenvalue weighted by Crippen LogP contribution is 2.52. The average Bonchev–Trinajstić information content (AvgIpc) is 3.05. The Labute approximate surface area is 190 Å². The Hall–Kier alpha value is -1.82. The van der Waals surface area contributed by atoms with E-state index in [1.54, 1.807) is 18.9 Å². The summed E-state index contributed by atoms with van der Waals surface area (Å²) in [5.41, 5.74) is 5.33. The smallest absolute Gasteiger partial charge is 0.230 e. The van der Waals surface area contributed by atoms with Gasteiger partial charge in [-0.15, -0.1) is 0 Å². The number of amides is 1. The number of carbonyl (C=O) groups excluding carboxylic acids is 1. The van der Waals surface area contributed by atoms with E-state index >= 15 is 0 Å². The minimum atomic E-state index is -0.0750. The van der Waals surface area contributed by atoms with E-state index in [0.29, 0.717) is 5.75 Å². The number of ether oxygens (including phenoxy) is 1. The molecule has 0 aromatic heterocycles. The van der Waals surface area contributed by atoms with E-state index < -0.39 is 0 Å². The number of aryl methyl sites for hydroxylation is 1. The van der Waals surface area contributed by atoms with E-state index in [0.717, 1.165) is 38.9 Å². The summed E-state index contributed by atoms with van der Waals surface area (Å²) in [6.07, 6.45) is 5.11. The molecule has 2 aromatic rings. The number of thioether (sulfide) groups is 1. The van der Waals surface area contributed by atoms with Gasteiger partial charge in [-0.1, -0.05) is 55.5 Å². The predicted octanol–water partition coefficient (Wildman–Crippen LogP) is 4.33. The normalized spacial score (nSPS) is 22.4. The molecule has 1 spiro atoms. The summed E-state index contributed by atoms with van der Waals surface area (Å²) in [7, 11) is 1.80. The largest absolute Gasteiger partial charge is 0.378 e. The van der Waals surface area contributed by atoms with Crippen LogP contribution in [0.5, 0.6) is 0 Å². The minimum absolute atomic E-state index is 0.0262. The molecule has 5 heteroatoms. The van der Waals surface area contributed by atoms with Crippen molar-refractivity contribution in [1.29, 1.82) is 0 Å². The Morgan fingerprint density at radius 3 is 2.45 bits per heavy atom. The van der Waals surface area contributed by atoms with Crippen LogP contribution in [0.4, 0.5) is 0 Å². The van der Waals surface area contributed by atoms with Crippen LogP contribution in [-0.4, -0.2) is 49.1 Å². The third kappa shape index (κ3) is 4.41. The summed E-state index contributed by atoms with van der Waals surface area (Å²) in [4.78, 5) is 15.0. The number of hydrogen-bond donors (Lipinski definition) is 1. The van der Waals surface area contributed by atoms with Crippen LogP contribution in [0, 0.1) is 0 Å². The number of carbonyl (C=O) groups is 1. The highest BCUT2D eigenvalue weighted by Gasteiger charge is 2.53. The van der Waals surface area contributed by atoms with Gasteiger partial charge in [0, 0.05) is 19.1 Å². The molecule has 166 valence electrons. The molecule has 2 aromatic carbocycles. The number of benzene rings is 2. The molecule has 1 aliphatic carbocycles. The van der Waals surface area contributed by atoms with Crippen molar-refractivity contribution in [3.8, 4) is 0 Å². The van der Waals surface area contributed by atoms with Crippen molar-refractivity contribution in [2.75, 3.05) is 32.2 Å². The van der Waals surface area contributed by atoms with E-state index in [-0.39, 0.29) is 23.5 Å². The van der Waals surface area contributed by atoms with Gasteiger partial charge < -0.3 is 10.1 Å². The first kappa shape index (κ1) is 22.4. The number of fused-ring (bicyclic) bond motifs is 2. The second-order valence-electron chi connectivity index (χ2n) is 8.82. The van der Waals surface area contributed by atoms with Gasteiger partial charge in [-0.25, -0.2) is 0 Å². The van der Waals surface area contributed by atoms with Crippen molar-refractivity contribution in [1.82, 2.24) is 10.2 Å². The molecule has 0 radical (unpaired) electrons. The molecule has 1 N–H and O–H groups in total. The van der Waals surface area contributed by atoms with Crippen LogP contribution in [-0.2, 0) is 27.9 Å². The van der Waals surface area contributed by atoms with Gasteiger partial charge in [-0.2, -0.15) is 11.8 Å². The highest BCUT2D eigenvalue weighted by molar-refractivity contribution is 7.99. The van der Waals surface area contributed by atoms with Crippen molar-refractivity contribution in [3.05, 3.63) is 70.8 Å². The van der Waals surface area contributed by atoms with Crippen molar-refractivity contribution in [2.24, 2.45) is 0 Å². The highest BCUT2D eigenvalue weighted by atomic mass is 32.2. The van der Waals surface area contributed by atoms with Gasteiger partial charge in [0.05, 0.1) is 17.9 Å². The molecule has 2 aliphatic rings. The van der Waals surface area contributed by atoms with Crippen LogP contribution in [0.3, 0.4) is 0 Å². The van der Waals surface area contributed by atoms with Crippen LogP contribution in [0.25, 0.3) is 0 Å². The van der Waals surface area contributed by atoms with Crippen molar-refractivity contribution < 1.29 is 9.53 Å². The summed E-state index contributed by atoms with van der Waals surface area (Å²) in [5.74, 6) is 0.562. The number of hydrogen-bond acceptors (Lipinski definition) is 4. The maximum Gasteiger partial charge on any atom is 0.230 e. The standard InChI is InChI=1S/C26H34N2O2S/c1-4-19-9-11-20(12-10-19)17-28-15-13-26(14-16-28)22-8-6-5-7-21(22)24(25(26)30-2)27-23(29)18-31-3/h5-12,24-25H,4,13-18H2,1-3H3,(H,27,29)/t24-,25+/m1/s1. The average molecular weight is 439 g/mol. The fourth-order valence-corrected chi connectivity index (χ4v) is 5.87. The maximum absolute atomic E-state index is 12.4. The van der Waals surface area contributed by atoms with E-state index in [1.165, 1.54) is 22.3 Å². The molecule has 1 heterocycles. The lowest BCUT2D eigenvalue weighted by Gasteiger charge is -2.44. The van der Waals surface area contributed by atoms with Crippen molar-refractivity contribution >= 4 is 17.7 Å². The van der Waals surface area contributed by atoms with Crippen LogP contribution < -0.4 is 5.32 Å². The number of likely N-dealkylation sites (tertiary alicyclic amines) is 1. The fourth-order valence-electron chi connectivity index (χ4n) is 5.52. The number of piperidine rings is 1. The molecule has 0 bridgehead atoms. The summed E-state index contributed by atoms with van der Waals surface area (Å²) >= 11 is 1.55. The summed E-state index contributed by atoms with van der Waals surface area (Å²) in [6, 6.07) is 17.6. The zero-order valence-corrected chi connectivity index (χ0v) is 19.7. The zero-order chi connectivity index (χ0) is 21.8. The quantitative estimate of drug-likeness (QED) is 0.699. The van der Waals surface area contributed by atoms with E-state index in [9.17, 15) is 4.79 Å². The van der Waals surface area contributed by atoms with Gasteiger partial charge in [0.15, 0.2) is 0 Å². The van der Waals surface area contributed by atoms with Gasteiger partial charge in [0.1, 0.15) is 0 Å². The summed E-state index contributed by atoms with van der Waals surface area (Å²) < 4.78 is 6.12. The second kappa shape index (κ2) is 9.76. The van der Waals surface area contributed by atoms with Crippen LogP contribution in [0.2, 0.25) is 0 Å². The van der Waals surface area contributed by atoms with Gasteiger partial charge in [0.25, 0.3) is 0 Å². The first-order valence-corrected chi connectivity index (χ1v) is 12.7. The number of methoxy groups -OCH3 is 1. The maximum atomic E-state index is 12.4. The molecule has 0 unspecified atom stereocenters. The SMILES string of the molecule is CCc1ccc(CN2CCC3(CC2)c2ccccc2[C@@H](NC(=O)CSC)[C@@H]3OC)cc1. The van der Waals surface area contributed by atoms with Gasteiger partial charge >= 0.3 is 0 Å². The van der Waals surface area contributed by atoms with E-state index in [2.05, 4.69) is 65.7 Å². The first-order valence-electron chi connectivity index (χ1n) is 11.3. The molecule has 4 rings (SSSR count).